The highest BCUT2D eigenvalue weighted by atomic mass is 16.3. The lowest BCUT2D eigenvalue weighted by atomic mass is 9.97. The summed E-state index contributed by atoms with van der Waals surface area (Å²) in [5.74, 6) is 2.74. The fraction of sp³-hybridized carbons (Fsp3) is 0.895. The Hall–Kier alpha value is -0.980. The molecular formula is C19H35N5O. The van der Waals surface area contributed by atoms with Crippen molar-refractivity contribution in [3.05, 3.63) is 11.6 Å². The third-order valence-electron chi connectivity index (χ3n) is 5.87. The van der Waals surface area contributed by atoms with Crippen molar-refractivity contribution < 1.29 is 5.11 Å². The summed E-state index contributed by atoms with van der Waals surface area (Å²) >= 11 is 0. The van der Waals surface area contributed by atoms with E-state index in [0.717, 1.165) is 50.7 Å². The molecule has 0 aromatic carbocycles. The van der Waals surface area contributed by atoms with Gasteiger partial charge in [-0.05, 0) is 45.2 Å². The highest BCUT2D eigenvalue weighted by Gasteiger charge is 2.26. The molecule has 142 valence electrons. The first-order valence-electron chi connectivity index (χ1n) is 10.2. The van der Waals surface area contributed by atoms with E-state index in [2.05, 4.69) is 38.5 Å². The molecule has 2 saturated heterocycles. The Labute approximate surface area is 152 Å². The monoisotopic (exact) mass is 349 g/mol. The first-order valence-corrected chi connectivity index (χ1v) is 10.2. The quantitative estimate of drug-likeness (QED) is 0.765. The van der Waals surface area contributed by atoms with E-state index in [9.17, 15) is 5.11 Å². The van der Waals surface area contributed by atoms with Crippen molar-refractivity contribution in [3.63, 3.8) is 0 Å². The largest absolute Gasteiger partial charge is 0.393 e. The third-order valence-corrected chi connectivity index (χ3v) is 5.87. The Morgan fingerprint density at radius 2 is 1.84 bits per heavy atom. The van der Waals surface area contributed by atoms with Crippen LogP contribution >= 0.6 is 0 Å². The Morgan fingerprint density at radius 3 is 2.60 bits per heavy atom. The third kappa shape index (κ3) is 5.02. The Bertz CT molecular complexity index is 524. The highest BCUT2D eigenvalue weighted by molar-refractivity contribution is 5.04. The number of likely N-dealkylation sites (tertiary alicyclic amines) is 2. The van der Waals surface area contributed by atoms with Crippen LogP contribution in [-0.2, 0) is 13.6 Å². The average molecular weight is 350 g/mol. The zero-order chi connectivity index (χ0) is 17.6. The van der Waals surface area contributed by atoms with Crippen molar-refractivity contribution >= 4 is 0 Å². The standard InChI is InChI=1S/C19H35N5O/c1-3-4-5-10-23-11-6-7-16(14-23)19-21-20-18(22(19)2)15-24-12-8-17(25)9-13-24/h16-17,25H,3-15H2,1-2H3. The normalized spacial score (nSPS) is 24.0. The molecule has 1 aromatic heterocycles. The van der Waals surface area contributed by atoms with Gasteiger partial charge < -0.3 is 14.6 Å². The maximum absolute atomic E-state index is 9.66. The molecule has 2 aliphatic rings. The van der Waals surface area contributed by atoms with Crippen LogP contribution < -0.4 is 0 Å². The van der Waals surface area contributed by atoms with Crippen LogP contribution in [0.15, 0.2) is 0 Å². The maximum atomic E-state index is 9.66. The van der Waals surface area contributed by atoms with E-state index >= 15 is 0 Å². The number of rotatable bonds is 7. The van der Waals surface area contributed by atoms with Gasteiger partial charge in [0.25, 0.3) is 0 Å². The second kappa shape index (κ2) is 9.10. The highest BCUT2D eigenvalue weighted by Crippen LogP contribution is 2.26. The minimum atomic E-state index is -0.118. The first kappa shape index (κ1) is 18.8. The molecule has 0 radical (unpaired) electrons. The summed E-state index contributed by atoms with van der Waals surface area (Å²) in [7, 11) is 2.12. The fourth-order valence-electron chi connectivity index (χ4n) is 4.20. The molecule has 1 unspecified atom stereocenters. The lowest BCUT2D eigenvalue weighted by molar-refractivity contribution is 0.0775. The van der Waals surface area contributed by atoms with E-state index in [1.807, 2.05) is 0 Å². The van der Waals surface area contributed by atoms with Gasteiger partial charge in [0.1, 0.15) is 11.6 Å². The zero-order valence-electron chi connectivity index (χ0n) is 16.0. The summed E-state index contributed by atoms with van der Waals surface area (Å²) in [6.45, 7) is 8.63. The fourth-order valence-corrected chi connectivity index (χ4v) is 4.20. The molecule has 1 atom stereocenters. The van der Waals surface area contributed by atoms with Crippen LogP contribution in [0.2, 0.25) is 0 Å². The SMILES string of the molecule is CCCCCN1CCCC(c2nnc(CN3CCC(O)CC3)n2C)C1. The minimum Gasteiger partial charge on any atom is -0.393 e. The number of unbranched alkanes of at least 4 members (excludes halogenated alkanes) is 2. The van der Waals surface area contributed by atoms with Gasteiger partial charge in [-0.2, -0.15) is 0 Å². The van der Waals surface area contributed by atoms with Gasteiger partial charge in [-0.15, -0.1) is 10.2 Å². The van der Waals surface area contributed by atoms with Gasteiger partial charge in [-0.1, -0.05) is 19.8 Å². The topological polar surface area (TPSA) is 57.4 Å². The molecule has 3 heterocycles. The van der Waals surface area contributed by atoms with Crippen molar-refractivity contribution in [1.82, 2.24) is 24.6 Å². The molecular weight excluding hydrogens is 314 g/mol. The second-order valence-electron chi connectivity index (χ2n) is 7.89. The van der Waals surface area contributed by atoms with Crippen LogP contribution in [-0.4, -0.2) is 68.5 Å². The van der Waals surface area contributed by atoms with Crippen molar-refractivity contribution in [3.8, 4) is 0 Å². The number of hydrogen-bond acceptors (Lipinski definition) is 5. The van der Waals surface area contributed by atoms with Crippen molar-refractivity contribution in [2.75, 3.05) is 32.7 Å². The van der Waals surface area contributed by atoms with E-state index in [4.69, 9.17) is 0 Å². The van der Waals surface area contributed by atoms with Crippen molar-refractivity contribution in [2.45, 2.75) is 70.4 Å². The van der Waals surface area contributed by atoms with Gasteiger partial charge in [-0.25, -0.2) is 0 Å². The maximum Gasteiger partial charge on any atom is 0.146 e. The van der Waals surface area contributed by atoms with E-state index in [1.165, 1.54) is 45.2 Å². The number of piperidine rings is 2. The molecule has 0 spiro atoms. The van der Waals surface area contributed by atoms with Crippen LogP contribution in [0.1, 0.15) is 69.4 Å². The number of aliphatic hydroxyl groups excluding tert-OH is 1. The molecule has 0 bridgehead atoms. The summed E-state index contributed by atoms with van der Waals surface area (Å²) < 4.78 is 2.23. The van der Waals surface area contributed by atoms with E-state index in [1.54, 1.807) is 0 Å². The zero-order valence-corrected chi connectivity index (χ0v) is 16.0. The first-order chi connectivity index (χ1) is 12.2. The lowest BCUT2D eigenvalue weighted by Crippen LogP contribution is -2.36. The Balaban J connectivity index is 1.56. The second-order valence-corrected chi connectivity index (χ2v) is 7.89. The summed E-state index contributed by atoms with van der Waals surface area (Å²) in [5, 5.41) is 18.7. The summed E-state index contributed by atoms with van der Waals surface area (Å²) in [6.07, 6.45) is 8.06. The number of aromatic nitrogens is 3. The molecule has 2 fully saturated rings. The minimum absolute atomic E-state index is 0.118. The van der Waals surface area contributed by atoms with Gasteiger partial charge in [0, 0.05) is 32.6 Å². The Kier molecular flexibility index (Phi) is 6.84. The molecule has 1 N–H and O–H groups in total. The van der Waals surface area contributed by atoms with Crippen LogP contribution in [0.5, 0.6) is 0 Å². The van der Waals surface area contributed by atoms with Crippen LogP contribution in [0.3, 0.4) is 0 Å². The van der Waals surface area contributed by atoms with Gasteiger partial charge >= 0.3 is 0 Å². The predicted molar refractivity (Wildman–Crippen MR) is 99.5 cm³/mol. The van der Waals surface area contributed by atoms with Crippen LogP contribution in [0.25, 0.3) is 0 Å². The van der Waals surface area contributed by atoms with Gasteiger partial charge in [0.15, 0.2) is 0 Å². The van der Waals surface area contributed by atoms with Crippen LogP contribution in [0, 0.1) is 0 Å². The number of hydrogen-bond donors (Lipinski definition) is 1. The molecule has 6 heteroatoms. The molecule has 2 aliphatic heterocycles. The molecule has 1 aromatic rings. The molecule has 25 heavy (non-hydrogen) atoms. The average Bonchev–Trinajstić information content (AvgIpc) is 2.98. The van der Waals surface area contributed by atoms with Gasteiger partial charge in [0.2, 0.25) is 0 Å². The van der Waals surface area contributed by atoms with E-state index in [-0.39, 0.29) is 6.10 Å². The molecule has 3 rings (SSSR count). The van der Waals surface area contributed by atoms with Crippen LogP contribution in [0.4, 0.5) is 0 Å². The molecule has 0 amide bonds. The van der Waals surface area contributed by atoms with E-state index in [0.29, 0.717) is 5.92 Å². The summed E-state index contributed by atoms with van der Waals surface area (Å²) in [6, 6.07) is 0. The van der Waals surface area contributed by atoms with Gasteiger partial charge in [0.05, 0.1) is 12.6 Å². The van der Waals surface area contributed by atoms with E-state index < -0.39 is 0 Å². The molecule has 0 saturated carbocycles. The predicted octanol–water partition coefficient (Wildman–Crippen LogP) is 2.14. The van der Waals surface area contributed by atoms with Crippen molar-refractivity contribution in [2.24, 2.45) is 7.05 Å². The van der Waals surface area contributed by atoms with Gasteiger partial charge in [-0.3, -0.25) is 4.90 Å². The molecule has 0 aliphatic carbocycles. The molecule has 6 nitrogen and oxygen atoms in total. The van der Waals surface area contributed by atoms with Crippen molar-refractivity contribution in [1.29, 1.82) is 0 Å². The summed E-state index contributed by atoms with van der Waals surface area (Å²) in [4.78, 5) is 5.00. The smallest absolute Gasteiger partial charge is 0.146 e. The lowest BCUT2D eigenvalue weighted by Gasteiger charge is -2.32. The summed E-state index contributed by atoms with van der Waals surface area (Å²) in [5.41, 5.74) is 0. The number of nitrogens with zero attached hydrogens (tertiary/aromatic N) is 5. The number of aliphatic hydroxyl groups is 1. The Morgan fingerprint density at radius 1 is 1.04 bits per heavy atom.